The standard InChI is InChI=1S/C13H19NO/c15-13(14-10-4-5-11-14)9-8-12-6-2-1-3-7-12/h1-2,6H,3-5,7-11H2. The van der Waals surface area contributed by atoms with Gasteiger partial charge in [0.25, 0.3) is 0 Å². The van der Waals surface area contributed by atoms with Crippen molar-refractivity contribution in [1.29, 1.82) is 0 Å². The lowest BCUT2D eigenvalue weighted by Crippen LogP contribution is -2.27. The van der Waals surface area contributed by atoms with Crippen molar-refractivity contribution < 1.29 is 4.79 Å². The van der Waals surface area contributed by atoms with Crippen LogP contribution in [0, 0.1) is 0 Å². The first-order valence-electron chi connectivity index (χ1n) is 5.98. The number of hydrogen-bond donors (Lipinski definition) is 0. The molecule has 1 saturated heterocycles. The van der Waals surface area contributed by atoms with E-state index in [1.54, 1.807) is 0 Å². The van der Waals surface area contributed by atoms with Gasteiger partial charge in [-0.15, -0.1) is 0 Å². The molecule has 0 spiro atoms. The van der Waals surface area contributed by atoms with Crippen molar-refractivity contribution >= 4 is 5.91 Å². The Kier molecular flexibility index (Phi) is 3.59. The topological polar surface area (TPSA) is 20.3 Å². The Balaban J connectivity index is 1.74. The zero-order chi connectivity index (χ0) is 10.5. The maximum atomic E-state index is 11.8. The van der Waals surface area contributed by atoms with E-state index in [4.69, 9.17) is 0 Å². The van der Waals surface area contributed by atoms with E-state index < -0.39 is 0 Å². The Morgan fingerprint density at radius 2 is 2.13 bits per heavy atom. The Labute approximate surface area is 91.6 Å². The second-order valence-corrected chi connectivity index (χ2v) is 4.38. The van der Waals surface area contributed by atoms with E-state index in [2.05, 4.69) is 18.2 Å². The molecule has 0 unspecified atom stereocenters. The summed E-state index contributed by atoms with van der Waals surface area (Å²) >= 11 is 0. The van der Waals surface area contributed by atoms with Gasteiger partial charge in [-0.05, 0) is 32.1 Å². The van der Waals surface area contributed by atoms with Crippen molar-refractivity contribution in [3.63, 3.8) is 0 Å². The van der Waals surface area contributed by atoms with Crippen LogP contribution in [0.15, 0.2) is 23.8 Å². The van der Waals surface area contributed by atoms with E-state index >= 15 is 0 Å². The first kappa shape index (κ1) is 10.5. The van der Waals surface area contributed by atoms with Gasteiger partial charge >= 0.3 is 0 Å². The largest absolute Gasteiger partial charge is 0.343 e. The Morgan fingerprint density at radius 3 is 2.80 bits per heavy atom. The maximum absolute atomic E-state index is 11.8. The quantitative estimate of drug-likeness (QED) is 0.693. The average Bonchev–Trinajstić information content (AvgIpc) is 2.81. The number of likely N-dealkylation sites (tertiary alicyclic amines) is 1. The van der Waals surface area contributed by atoms with Gasteiger partial charge in [0.15, 0.2) is 0 Å². The van der Waals surface area contributed by atoms with Crippen LogP contribution in [0.2, 0.25) is 0 Å². The summed E-state index contributed by atoms with van der Waals surface area (Å²) in [7, 11) is 0. The molecule has 2 aliphatic rings. The monoisotopic (exact) mass is 205 g/mol. The van der Waals surface area contributed by atoms with Crippen molar-refractivity contribution in [2.45, 2.75) is 38.5 Å². The van der Waals surface area contributed by atoms with Crippen LogP contribution in [0.5, 0.6) is 0 Å². The third-order valence-electron chi connectivity index (χ3n) is 3.22. The molecule has 15 heavy (non-hydrogen) atoms. The highest BCUT2D eigenvalue weighted by atomic mass is 16.2. The highest BCUT2D eigenvalue weighted by Gasteiger charge is 2.17. The third-order valence-corrected chi connectivity index (χ3v) is 3.22. The maximum Gasteiger partial charge on any atom is 0.222 e. The summed E-state index contributed by atoms with van der Waals surface area (Å²) in [6, 6.07) is 0. The molecule has 0 aromatic heterocycles. The van der Waals surface area contributed by atoms with Gasteiger partial charge in [0, 0.05) is 19.5 Å². The number of hydrogen-bond acceptors (Lipinski definition) is 1. The Bertz CT molecular complexity index is 285. The predicted octanol–water partition coefficient (Wildman–Crippen LogP) is 2.67. The molecule has 0 radical (unpaired) electrons. The van der Waals surface area contributed by atoms with Crippen molar-refractivity contribution in [1.82, 2.24) is 4.90 Å². The minimum Gasteiger partial charge on any atom is -0.343 e. The molecule has 1 heterocycles. The van der Waals surface area contributed by atoms with Crippen molar-refractivity contribution in [3.8, 4) is 0 Å². The minimum absolute atomic E-state index is 0.350. The van der Waals surface area contributed by atoms with E-state index in [1.807, 2.05) is 4.90 Å². The smallest absolute Gasteiger partial charge is 0.222 e. The molecule has 0 atom stereocenters. The van der Waals surface area contributed by atoms with E-state index in [0.29, 0.717) is 12.3 Å². The fraction of sp³-hybridized carbons (Fsp3) is 0.615. The lowest BCUT2D eigenvalue weighted by molar-refractivity contribution is -0.130. The molecule has 0 N–H and O–H groups in total. The molecular weight excluding hydrogens is 186 g/mol. The van der Waals surface area contributed by atoms with E-state index in [1.165, 1.54) is 18.4 Å². The summed E-state index contributed by atoms with van der Waals surface area (Å²) in [5, 5.41) is 0. The van der Waals surface area contributed by atoms with Gasteiger partial charge in [0.05, 0.1) is 0 Å². The lowest BCUT2D eigenvalue weighted by atomic mass is 10.0. The van der Waals surface area contributed by atoms with Crippen LogP contribution in [0.3, 0.4) is 0 Å². The number of allylic oxidation sites excluding steroid dienone is 4. The van der Waals surface area contributed by atoms with Gasteiger partial charge in [-0.25, -0.2) is 0 Å². The summed E-state index contributed by atoms with van der Waals surface area (Å²) in [6.07, 6.45) is 12.8. The number of carbonyl (C=O) groups is 1. The van der Waals surface area contributed by atoms with Gasteiger partial charge < -0.3 is 4.90 Å². The summed E-state index contributed by atoms with van der Waals surface area (Å²) in [6.45, 7) is 1.97. The molecule has 0 bridgehead atoms. The average molecular weight is 205 g/mol. The van der Waals surface area contributed by atoms with E-state index in [9.17, 15) is 4.79 Å². The highest BCUT2D eigenvalue weighted by molar-refractivity contribution is 5.76. The van der Waals surface area contributed by atoms with Crippen LogP contribution in [-0.4, -0.2) is 23.9 Å². The highest BCUT2D eigenvalue weighted by Crippen LogP contribution is 2.18. The molecule has 1 aliphatic carbocycles. The van der Waals surface area contributed by atoms with Gasteiger partial charge in [0.2, 0.25) is 5.91 Å². The van der Waals surface area contributed by atoms with Gasteiger partial charge in [-0.1, -0.05) is 23.8 Å². The molecular formula is C13H19NO. The molecule has 2 heteroatoms. The molecule has 1 fully saturated rings. The molecule has 1 amide bonds. The van der Waals surface area contributed by atoms with Crippen LogP contribution in [0.1, 0.15) is 38.5 Å². The molecule has 0 saturated carbocycles. The fourth-order valence-corrected chi connectivity index (χ4v) is 2.25. The summed E-state index contributed by atoms with van der Waals surface area (Å²) < 4.78 is 0. The summed E-state index contributed by atoms with van der Waals surface area (Å²) in [5.41, 5.74) is 1.44. The first-order valence-corrected chi connectivity index (χ1v) is 5.98. The molecule has 0 aromatic rings. The second kappa shape index (κ2) is 5.15. The summed E-state index contributed by atoms with van der Waals surface area (Å²) in [4.78, 5) is 13.8. The Morgan fingerprint density at radius 1 is 1.33 bits per heavy atom. The second-order valence-electron chi connectivity index (χ2n) is 4.38. The SMILES string of the molecule is O=C(CCC1=CC=CCC1)N1CCCC1. The van der Waals surface area contributed by atoms with Crippen molar-refractivity contribution in [2.75, 3.05) is 13.1 Å². The minimum atomic E-state index is 0.350. The van der Waals surface area contributed by atoms with Gasteiger partial charge in [-0.2, -0.15) is 0 Å². The van der Waals surface area contributed by atoms with Crippen molar-refractivity contribution in [2.24, 2.45) is 0 Å². The predicted molar refractivity (Wildman–Crippen MR) is 61.5 cm³/mol. The molecule has 2 nitrogen and oxygen atoms in total. The number of nitrogens with zero attached hydrogens (tertiary/aromatic N) is 1. The van der Waals surface area contributed by atoms with Crippen LogP contribution in [0.4, 0.5) is 0 Å². The molecule has 82 valence electrons. The van der Waals surface area contributed by atoms with Crippen LogP contribution in [-0.2, 0) is 4.79 Å². The van der Waals surface area contributed by atoms with E-state index in [-0.39, 0.29) is 0 Å². The van der Waals surface area contributed by atoms with Crippen LogP contribution in [0.25, 0.3) is 0 Å². The van der Waals surface area contributed by atoms with Crippen LogP contribution >= 0.6 is 0 Å². The first-order chi connectivity index (χ1) is 7.36. The van der Waals surface area contributed by atoms with Gasteiger partial charge in [0.1, 0.15) is 0 Å². The zero-order valence-corrected chi connectivity index (χ0v) is 9.24. The Hall–Kier alpha value is -1.05. The lowest BCUT2D eigenvalue weighted by Gasteiger charge is -2.16. The zero-order valence-electron chi connectivity index (χ0n) is 9.24. The number of rotatable bonds is 3. The normalized spacial score (nSPS) is 20.5. The number of carbonyl (C=O) groups excluding carboxylic acids is 1. The van der Waals surface area contributed by atoms with E-state index in [0.717, 1.165) is 32.4 Å². The molecule has 2 rings (SSSR count). The fourth-order valence-electron chi connectivity index (χ4n) is 2.25. The van der Waals surface area contributed by atoms with Crippen molar-refractivity contribution in [3.05, 3.63) is 23.8 Å². The molecule has 0 aromatic carbocycles. The summed E-state index contributed by atoms with van der Waals surface area (Å²) in [5.74, 6) is 0.350. The number of amides is 1. The van der Waals surface area contributed by atoms with Gasteiger partial charge in [-0.3, -0.25) is 4.79 Å². The third kappa shape index (κ3) is 2.95. The molecule has 1 aliphatic heterocycles. The van der Waals surface area contributed by atoms with Crippen LogP contribution < -0.4 is 0 Å².